The van der Waals surface area contributed by atoms with Gasteiger partial charge in [0.1, 0.15) is 12.2 Å². The fourth-order valence-corrected chi connectivity index (χ4v) is 2.77. The van der Waals surface area contributed by atoms with E-state index in [0.29, 0.717) is 6.04 Å². The average molecular weight is 240 g/mol. The normalized spacial score (nSPS) is 20.9. The first-order valence-electron chi connectivity index (χ1n) is 6.56. The fraction of sp³-hybridized carbons (Fsp3) is 0.429. The van der Waals surface area contributed by atoms with Gasteiger partial charge in [-0.25, -0.2) is 0 Å². The number of benzene rings is 1. The molecule has 92 valence electrons. The van der Waals surface area contributed by atoms with Gasteiger partial charge < -0.3 is 10.3 Å². The van der Waals surface area contributed by atoms with Crippen molar-refractivity contribution in [1.29, 1.82) is 0 Å². The number of nitrogen functional groups attached to an aromatic ring is 1. The van der Waals surface area contributed by atoms with Crippen LogP contribution in [0.15, 0.2) is 30.6 Å². The van der Waals surface area contributed by atoms with Gasteiger partial charge in [-0.1, -0.05) is 12.1 Å². The van der Waals surface area contributed by atoms with Crippen LogP contribution in [0.4, 0.5) is 5.69 Å². The molecule has 2 aromatic rings. The Morgan fingerprint density at radius 1 is 1.17 bits per heavy atom. The Morgan fingerprint density at radius 2 is 1.89 bits per heavy atom. The van der Waals surface area contributed by atoms with Crippen LogP contribution < -0.4 is 5.73 Å². The van der Waals surface area contributed by atoms with Crippen LogP contribution in [0.2, 0.25) is 0 Å². The molecule has 2 fully saturated rings. The SMILES string of the molecule is Nc1ccc(C2(c3nncn3C3CC3)CC2)cc1. The van der Waals surface area contributed by atoms with Gasteiger partial charge in [-0.3, -0.25) is 0 Å². The van der Waals surface area contributed by atoms with Crippen molar-refractivity contribution in [3.05, 3.63) is 42.0 Å². The van der Waals surface area contributed by atoms with Crippen molar-refractivity contribution in [2.75, 3.05) is 5.73 Å². The summed E-state index contributed by atoms with van der Waals surface area (Å²) in [7, 11) is 0. The number of hydrogen-bond donors (Lipinski definition) is 1. The standard InChI is InChI=1S/C14H16N4/c15-11-3-1-10(2-4-11)14(7-8-14)13-17-16-9-18(13)12-5-6-12/h1-4,9,12H,5-8,15H2. The molecule has 2 aliphatic carbocycles. The highest BCUT2D eigenvalue weighted by atomic mass is 15.3. The molecule has 0 amide bonds. The van der Waals surface area contributed by atoms with Gasteiger partial charge in [-0.2, -0.15) is 0 Å². The predicted octanol–water partition coefficient (Wildman–Crippen LogP) is 2.28. The Labute approximate surface area is 106 Å². The molecule has 4 rings (SSSR count). The maximum atomic E-state index is 5.76. The molecule has 2 saturated carbocycles. The quantitative estimate of drug-likeness (QED) is 0.837. The lowest BCUT2D eigenvalue weighted by molar-refractivity contribution is 0.628. The van der Waals surface area contributed by atoms with Crippen molar-refractivity contribution in [3.63, 3.8) is 0 Å². The summed E-state index contributed by atoms with van der Waals surface area (Å²) in [4.78, 5) is 0. The van der Waals surface area contributed by atoms with E-state index in [1.165, 1.54) is 31.2 Å². The van der Waals surface area contributed by atoms with E-state index >= 15 is 0 Å². The fourth-order valence-electron chi connectivity index (χ4n) is 2.77. The number of nitrogens with zero attached hydrogens (tertiary/aromatic N) is 3. The third kappa shape index (κ3) is 1.38. The molecule has 1 aromatic carbocycles. The zero-order valence-electron chi connectivity index (χ0n) is 10.2. The van der Waals surface area contributed by atoms with Crippen molar-refractivity contribution in [2.24, 2.45) is 0 Å². The summed E-state index contributed by atoms with van der Waals surface area (Å²) in [5, 5.41) is 8.51. The van der Waals surface area contributed by atoms with Gasteiger partial charge in [0.25, 0.3) is 0 Å². The van der Waals surface area contributed by atoms with Crippen LogP contribution in [0, 0.1) is 0 Å². The van der Waals surface area contributed by atoms with Gasteiger partial charge in [0.15, 0.2) is 0 Å². The molecule has 0 bridgehead atoms. The first-order chi connectivity index (χ1) is 8.79. The molecular formula is C14H16N4. The monoisotopic (exact) mass is 240 g/mol. The minimum Gasteiger partial charge on any atom is -0.399 e. The van der Waals surface area contributed by atoms with E-state index in [4.69, 9.17) is 5.73 Å². The van der Waals surface area contributed by atoms with E-state index in [-0.39, 0.29) is 5.41 Å². The first kappa shape index (κ1) is 10.1. The van der Waals surface area contributed by atoms with E-state index in [0.717, 1.165) is 11.5 Å². The highest BCUT2D eigenvalue weighted by Gasteiger charge is 2.50. The summed E-state index contributed by atoms with van der Waals surface area (Å²) >= 11 is 0. The molecule has 2 N–H and O–H groups in total. The summed E-state index contributed by atoms with van der Waals surface area (Å²) in [6.07, 6.45) is 6.76. The van der Waals surface area contributed by atoms with E-state index in [1.54, 1.807) is 0 Å². The van der Waals surface area contributed by atoms with Crippen LogP contribution in [0.3, 0.4) is 0 Å². The molecule has 4 heteroatoms. The Kier molecular flexibility index (Phi) is 1.88. The molecule has 2 aliphatic rings. The largest absolute Gasteiger partial charge is 0.399 e. The van der Waals surface area contributed by atoms with Gasteiger partial charge in [-0.05, 0) is 43.4 Å². The van der Waals surface area contributed by atoms with Crippen LogP contribution in [0.5, 0.6) is 0 Å². The van der Waals surface area contributed by atoms with Crippen LogP contribution in [0.1, 0.15) is 43.1 Å². The molecule has 1 heterocycles. The maximum absolute atomic E-state index is 5.76. The molecule has 0 radical (unpaired) electrons. The molecule has 0 spiro atoms. The highest BCUT2D eigenvalue weighted by molar-refractivity contribution is 5.46. The van der Waals surface area contributed by atoms with Gasteiger partial charge in [0, 0.05) is 11.7 Å². The summed E-state index contributed by atoms with van der Waals surface area (Å²) in [5.74, 6) is 1.15. The van der Waals surface area contributed by atoms with E-state index in [2.05, 4.69) is 26.9 Å². The van der Waals surface area contributed by atoms with Crippen LogP contribution >= 0.6 is 0 Å². The van der Waals surface area contributed by atoms with Crippen molar-refractivity contribution >= 4 is 5.69 Å². The first-order valence-corrected chi connectivity index (χ1v) is 6.56. The topological polar surface area (TPSA) is 56.7 Å². The third-order valence-electron chi connectivity index (χ3n) is 4.15. The van der Waals surface area contributed by atoms with E-state index in [1.807, 2.05) is 18.5 Å². The number of hydrogen-bond acceptors (Lipinski definition) is 3. The van der Waals surface area contributed by atoms with Gasteiger partial charge in [-0.15, -0.1) is 10.2 Å². The molecule has 4 nitrogen and oxygen atoms in total. The third-order valence-corrected chi connectivity index (χ3v) is 4.15. The van der Waals surface area contributed by atoms with Gasteiger partial charge >= 0.3 is 0 Å². The minimum absolute atomic E-state index is 0.104. The maximum Gasteiger partial charge on any atom is 0.143 e. The van der Waals surface area contributed by atoms with Crippen LogP contribution in [-0.4, -0.2) is 14.8 Å². The van der Waals surface area contributed by atoms with Gasteiger partial charge in [0.05, 0.1) is 5.41 Å². The average Bonchev–Trinajstić information content (AvgIpc) is 3.31. The second-order valence-corrected chi connectivity index (χ2v) is 5.50. The summed E-state index contributed by atoms with van der Waals surface area (Å²) in [6.45, 7) is 0. The summed E-state index contributed by atoms with van der Waals surface area (Å²) < 4.78 is 2.28. The van der Waals surface area contributed by atoms with Crippen LogP contribution in [0.25, 0.3) is 0 Å². The molecular weight excluding hydrogens is 224 g/mol. The van der Waals surface area contributed by atoms with E-state index in [9.17, 15) is 0 Å². The van der Waals surface area contributed by atoms with Crippen molar-refractivity contribution in [2.45, 2.75) is 37.1 Å². The Morgan fingerprint density at radius 3 is 2.50 bits per heavy atom. The molecule has 0 unspecified atom stereocenters. The molecule has 0 saturated heterocycles. The minimum atomic E-state index is 0.104. The Balaban J connectivity index is 1.78. The Hall–Kier alpha value is -1.84. The van der Waals surface area contributed by atoms with Crippen molar-refractivity contribution < 1.29 is 0 Å². The zero-order valence-corrected chi connectivity index (χ0v) is 10.2. The number of nitrogens with two attached hydrogens (primary N) is 1. The summed E-state index contributed by atoms with van der Waals surface area (Å²) in [6, 6.07) is 8.87. The number of rotatable bonds is 3. The lowest BCUT2D eigenvalue weighted by Crippen LogP contribution is -2.16. The van der Waals surface area contributed by atoms with Crippen molar-refractivity contribution in [3.8, 4) is 0 Å². The highest BCUT2D eigenvalue weighted by Crippen LogP contribution is 2.54. The van der Waals surface area contributed by atoms with Crippen molar-refractivity contribution in [1.82, 2.24) is 14.8 Å². The zero-order chi connectivity index (χ0) is 12.2. The Bertz CT molecular complexity index is 576. The summed E-state index contributed by atoms with van der Waals surface area (Å²) in [5.41, 5.74) is 8.01. The number of anilines is 1. The molecule has 0 aliphatic heterocycles. The lowest BCUT2D eigenvalue weighted by Gasteiger charge is -2.16. The predicted molar refractivity (Wildman–Crippen MR) is 69.2 cm³/mol. The molecule has 0 atom stereocenters. The number of aromatic nitrogens is 3. The van der Waals surface area contributed by atoms with Crippen LogP contribution in [-0.2, 0) is 5.41 Å². The molecule has 18 heavy (non-hydrogen) atoms. The van der Waals surface area contributed by atoms with E-state index < -0.39 is 0 Å². The lowest BCUT2D eigenvalue weighted by atomic mass is 9.94. The van der Waals surface area contributed by atoms with Gasteiger partial charge in [0.2, 0.25) is 0 Å². The molecule has 1 aromatic heterocycles. The second kappa shape index (κ2) is 3.34. The smallest absolute Gasteiger partial charge is 0.143 e. The second-order valence-electron chi connectivity index (χ2n) is 5.50.